The van der Waals surface area contributed by atoms with E-state index in [4.69, 9.17) is 14.6 Å². The standard InChI is InChI=1S/C26H33N5O3/c1-16-10-18-11-23(33-4)24(34-5)13-22(18)25(28-31(16)26(32)27-2)17-6-8-19(9-7-17)30-15-20-12-21(30)14-29(20)3/h6-9,11,13,16,20-21H,10,12,14-15H2,1-5H3,(H,27,32)/t16?,20-,21-/m0/s1. The Kier molecular flexibility index (Phi) is 5.85. The quantitative estimate of drug-likeness (QED) is 0.755. The third-order valence-electron chi connectivity index (χ3n) is 7.41. The number of nitrogens with zero attached hydrogens (tertiary/aromatic N) is 4. The van der Waals surface area contributed by atoms with Crippen LogP contribution in [0.4, 0.5) is 10.5 Å². The Morgan fingerprint density at radius 3 is 2.35 bits per heavy atom. The summed E-state index contributed by atoms with van der Waals surface area (Å²) in [5.74, 6) is 1.31. The van der Waals surface area contributed by atoms with E-state index in [-0.39, 0.29) is 12.1 Å². The molecule has 180 valence electrons. The molecule has 1 unspecified atom stereocenters. The number of carbonyl (C=O) groups is 1. The number of carbonyl (C=O) groups excluding carboxylic acids is 1. The van der Waals surface area contributed by atoms with Crippen LogP contribution in [0.1, 0.15) is 30.0 Å². The second-order valence-electron chi connectivity index (χ2n) is 9.45. The van der Waals surface area contributed by atoms with Gasteiger partial charge in [-0.25, -0.2) is 9.80 Å². The summed E-state index contributed by atoms with van der Waals surface area (Å²) in [4.78, 5) is 17.7. The van der Waals surface area contributed by atoms with E-state index in [1.165, 1.54) is 17.1 Å². The molecule has 0 saturated carbocycles. The van der Waals surface area contributed by atoms with E-state index in [0.29, 0.717) is 30.0 Å². The number of piperazine rings is 1. The number of benzene rings is 2. The van der Waals surface area contributed by atoms with Crippen molar-refractivity contribution in [2.45, 2.75) is 37.9 Å². The first-order chi connectivity index (χ1) is 16.4. The minimum atomic E-state index is -0.231. The van der Waals surface area contributed by atoms with Gasteiger partial charge in [0.1, 0.15) is 0 Å². The van der Waals surface area contributed by atoms with E-state index in [1.807, 2.05) is 19.1 Å². The van der Waals surface area contributed by atoms with Gasteiger partial charge in [0.15, 0.2) is 11.5 Å². The normalized spacial score (nSPS) is 23.9. The highest BCUT2D eigenvalue weighted by atomic mass is 16.5. The van der Waals surface area contributed by atoms with Gasteiger partial charge >= 0.3 is 6.03 Å². The second-order valence-corrected chi connectivity index (χ2v) is 9.45. The molecule has 0 spiro atoms. The fourth-order valence-electron chi connectivity index (χ4n) is 5.54. The van der Waals surface area contributed by atoms with Gasteiger partial charge < -0.3 is 19.7 Å². The van der Waals surface area contributed by atoms with Crippen molar-refractivity contribution in [2.75, 3.05) is 46.3 Å². The Morgan fingerprint density at radius 2 is 1.76 bits per heavy atom. The maximum atomic E-state index is 12.7. The topological polar surface area (TPSA) is 69.6 Å². The molecule has 3 aliphatic rings. The van der Waals surface area contributed by atoms with E-state index >= 15 is 0 Å². The van der Waals surface area contributed by atoms with Gasteiger partial charge in [-0.3, -0.25) is 4.90 Å². The number of ether oxygens (including phenoxy) is 2. The summed E-state index contributed by atoms with van der Waals surface area (Å²) >= 11 is 0. The van der Waals surface area contributed by atoms with Gasteiger partial charge in [0.25, 0.3) is 0 Å². The molecule has 0 radical (unpaired) electrons. The molecule has 3 heterocycles. The minimum Gasteiger partial charge on any atom is -0.493 e. The summed E-state index contributed by atoms with van der Waals surface area (Å²) in [5, 5.41) is 9.13. The first-order valence-electron chi connectivity index (χ1n) is 11.9. The van der Waals surface area contributed by atoms with E-state index in [0.717, 1.165) is 35.5 Å². The van der Waals surface area contributed by atoms with E-state index in [2.05, 4.69) is 46.4 Å². The van der Waals surface area contributed by atoms with Crippen molar-refractivity contribution in [3.63, 3.8) is 0 Å². The number of fused-ring (bicyclic) bond motifs is 3. The second kappa shape index (κ2) is 8.83. The van der Waals surface area contributed by atoms with Gasteiger partial charge in [-0.1, -0.05) is 12.1 Å². The van der Waals surface area contributed by atoms with Crippen LogP contribution >= 0.6 is 0 Å². The molecule has 2 amide bonds. The number of likely N-dealkylation sites (N-methyl/N-ethyl adjacent to an activating group) is 1. The SMILES string of the molecule is CNC(=O)N1N=C(c2ccc(N3C[C@@H]4C[C@H]3CN4C)cc2)c2cc(OC)c(OC)cc2CC1C. The predicted molar refractivity (Wildman–Crippen MR) is 133 cm³/mol. The number of urea groups is 1. The molecule has 2 bridgehead atoms. The van der Waals surface area contributed by atoms with Crippen LogP contribution in [-0.2, 0) is 6.42 Å². The number of hydrazone groups is 1. The van der Waals surface area contributed by atoms with E-state index in [1.54, 1.807) is 21.3 Å². The average molecular weight is 464 g/mol. The van der Waals surface area contributed by atoms with Gasteiger partial charge in [0.2, 0.25) is 0 Å². The lowest BCUT2D eigenvalue weighted by molar-refractivity contribution is 0.184. The summed E-state index contributed by atoms with van der Waals surface area (Å²) in [6.45, 7) is 4.20. The van der Waals surface area contributed by atoms with Gasteiger partial charge in [0, 0.05) is 49.0 Å². The van der Waals surface area contributed by atoms with Crippen molar-refractivity contribution in [3.8, 4) is 11.5 Å². The molecule has 0 aromatic heterocycles. The molecular weight excluding hydrogens is 430 g/mol. The number of methoxy groups -OCH3 is 2. The molecule has 3 atom stereocenters. The molecular formula is C26H33N5O3. The van der Waals surface area contributed by atoms with Gasteiger partial charge in [-0.15, -0.1) is 0 Å². The average Bonchev–Trinajstić information content (AvgIpc) is 3.40. The Bertz CT molecular complexity index is 1110. The number of amides is 2. The zero-order valence-electron chi connectivity index (χ0n) is 20.5. The summed E-state index contributed by atoms with van der Waals surface area (Å²) in [5.41, 5.74) is 4.97. The lowest BCUT2D eigenvalue weighted by Crippen LogP contribution is -2.44. The maximum absolute atomic E-state index is 12.7. The number of nitrogens with one attached hydrogen (secondary N) is 1. The highest BCUT2D eigenvalue weighted by Crippen LogP contribution is 2.36. The fraction of sp³-hybridized carbons (Fsp3) is 0.462. The molecule has 34 heavy (non-hydrogen) atoms. The van der Waals surface area contributed by atoms with Crippen molar-refractivity contribution in [1.29, 1.82) is 0 Å². The predicted octanol–water partition coefficient (Wildman–Crippen LogP) is 2.93. The third kappa shape index (κ3) is 3.76. The van der Waals surface area contributed by atoms with Crippen LogP contribution in [-0.4, -0.2) is 81.2 Å². The Labute approximate surface area is 201 Å². The highest BCUT2D eigenvalue weighted by molar-refractivity contribution is 6.14. The molecule has 2 aromatic carbocycles. The summed E-state index contributed by atoms with van der Waals surface area (Å²) in [6.07, 6.45) is 1.89. The number of hydrogen-bond donors (Lipinski definition) is 1. The smallest absolute Gasteiger partial charge is 0.337 e. The Morgan fingerprint density at radius 1 is 1.06 bits per heavy atom. The first kappa shape index (κ1) is 22.5. The zero-order chi connectivity index (χ0) is 24.0. The summed E-state index contributed by atoms with van der Waals surface area (Å²) < 4.78 is 11.1. The highest BCUT2D eigenvalue weighted by Gasteiger charge is 2.41. The first-order valence-corrected chi connectivity index (χ1v) is 11.9. The van der Waals surface area contributed by atoms with Crippen LogP contribution in [0.25, 0.3) is 0 Å². The molecule has 8 heteroatoms. The van der Waals surface area contributed by atoms with Crippen molar-refractivity contribution in [1.82, 2.24) is 15.2 Å². The minimum absolute atomic E-state index is 0.120. The van der Waals surface area contributed by atoms with E-state index in [9.17, 15) is 4.79 Å². The fourth-order valence-corrected chi connectivity index (χ4v) is 5.54. The van der Waals surface area contributed by atoms with Gasteiger partial charge in [0.05, 0.1) is 26.0 Å². The molecule has 1 N–H and O–H groups in total. The maximum Gasteiger partial charge on any atom is 0.337 e. The van der Waals surface area contributed by atoms with Gasteiger partial charge in [-0.05, 0) is 56.6 Å². The Balaban J connectivity index is 1.56. The monoisotopic (exact) mass is 463 g/mol. The molecule has 3 aliphatic heterocycles. The molecule has 5 rings (SSSR count). The molecule has 8 nitrogen and oxygen atoms in total. The number of hydrogen-bond acceptors (Lipinski definition) is 6. The largest absolute Gasteiger partial charge is 0.493 e. The summed E-state index contributed by atoms with van der Waals surface area (Å²) in [7, 11) is 7.12. The molecule has 2 fully saturated rings. The van der Waals surface area contributed by atoms with Crippen molar-refractivity contribution >= 4 is 17.4 Å². The van der Waals surface area contributed by atoms with Crippen LogP contribution in [0.5, 0.6) is 11.5 Å². The van der Waals surface area contributed by atoms with Crippen molar-refractivity contribution < 1.29 is 14.3 Å². The zero-order valence-corrected chi connectivity index (χ0v) is 20.5. The molecule has 2 saturated heterocycles. The van der Waals surface area contributed by atoms with Crippen molar-refractivity contribution in [3.05, 3.63) is 53.1 Å². The van der Waals surface area contributed by atoms with Crippen LogP contribution in [0.2, 0.25) is 0 Å². The van der Waals surface area contributed by atoms with Crippen LogP contribution in [0, 0.1) is 0 Å². The van der Waals surface area contributed by atoms with Crippen LogP contribution in [0.3, 0.4) is 0 Å². The van der Waals surface area contributed by atoms with E-state index < -0.39 is 0 Å². The van der Waals surface area contributed by atoms with Crippen molar-refractivity contribution in [2.24, 2.45) is 5.10 Å². The Hall–Kier alpha value is -3.26. The lowest BCUT2D eigenvalue weighted by Gasteiger charge is -2.33. The lowest BCUT2D eigenvalue weighted by atomic mass is 9.94. The number of rotatable bonds is 4. The molecule has 0 aliphatic carbocycles. The number of likely N-dealkylation sites (tertiary alicyclic amines) is 1. The third-order valence-corrected chi connectivity index (χ3v) is 7.41. The van der Waals surface area contributed by atoms with Crippen LogP contribution in [0.15, 0.2) is 41.5 Å². The molecule has 2 aromatic rings. The van der Waals surface area contributed by atoms with Gasteiger partial charge in [-0.2, -0.15) is 5.10 Å². The number of anilines is 1. The summed E-state index contributed by atoms with van der Waals surface area (Å²) in [6, 6.07) is 13.4. The van der Waals surface area contributed by atoms with Crippen LogP contribution < -0.4 is 19.7 Å².